The van der Waals surface area contributed by atoms with E-state index < -0.39 is 23.5 Å². The Bertz CT molecular complexity index is 1080. The van der Waals surface area contributed by atoms with E-state index in [0.29, 0.717) is 42.6 Å². The number of aromatic hydroxyl groups is 1. The van der Waals surface area contributed by atoms with Crippen molar-refractivity contribution in [2.45, 2.75) is 6.04 Å². The molecule has 174 valence electrons. The SMILES string of the molecule is COc1ccc(/C(O)=C2/C(=O)C(=O)N(CCN3CCOCC3)C2c2ccc(Cl)cc2)c(O)c1. The number of amides is 1. The molecule has 0 aliphatic carbocycles. The van der Waals surface area contributed by atoms with Gasteiger partial charge in [0.05, 0.1) is 37.5 Å². The molecule has 2 aliphatic rings. The molecule has 2 saturated heterocycles. The first kappa shape index (κ1) is 23.1. The van der Waals surface area contributed by atoms with Gasteiger partial charge in [-0.05, 0) is 29.8 Å². The van der Waals surface area contributed by atoms with Crippen molar-refractivity contribution in [2.24, 2.45) is 0 Å². The van der Waals surface area contributed by atoms with Crippen LogP contribution in [0.3, 0.4) is 0 Å². The number of phenols is 1. The lowest BCUT2D eigenvalue weighted by Gasteiger charge is -2.31. The third-order valence-electron chi connectivity index (χ3n) is 5.95. The average Bonchev–Trinajstić information content (AvgIpc) is 3.08. The zero-order valence-electron chi connectivity index (χ0n) is 18.2. The minimum Gasteiger partial charge on any atom is -0.507 e. The van der Waals surface area contributed by atoms with Crippen LogP contribution in [0.2, 0.25) is 5.02 Å². The average molecular weight is 473 g/mol. The Kier molecular flexibility index (Phi) is 6.88. The molecule has 2 fully saturated rings. The summed E-state index contributed by atoms with van der Waals surface area (Å²) < 4.78 is 10.5. The van der Waals surface area contributed by atoms with Crippen molar-refractivity contribution in [3.63, 3.8) is 0 Å². The van der Waals surface area contributed by atoms with Crippen LogP contribution in [-0.2, 0) is 14.3 Å². The van der Waals surface area contributed by atoms with Crippen LogP contribution in [0.15, 0.2) is 48.0 Å². The number of nitrogens with zero attached hydrogens (tertiary/aromatic N) is 2. The minimum atomic E-state index is -0.815. The van der Waals surface area contributed by atoms with Crippen LogP contribution in [0.1, 0.15) is 17.2 Å². The van der Waals surface area contributed by atoms with Gasteiger partial charge in [-0.25, -0.2) is 0 Å². The van der Waals surface area contributed by atoms with Crippen LogP contribution in [0, 0.1) is 0 Å². The van der Waals surface area contributed by atoms with Gasteiger partial charge in [0.25, 0.3) is 11.7 Å². The summed E-state index contributed by atoms with van der Waals surface area (Å²) in [6.45, 7) is 3.59. The van der Waals surface area contributed by atoms with Crippen molar-refractivity contribution in [1.29, 1.82) is 0 Å². The molecule has 2 heterocycles. The lowest BCUT2D eigenvalue weighted by atomic mass is 9.95. The Morgan fingerprint density at radius 1 is 1.12 bits per heavy atom. The molecule has 9 heteroatoms. The highest BCUT2D eigenvalue weighted by Gasteiger charge is 2.46. The third kappa shape index (κ3) is 4.68. The van der Waals surface area contributed by atoms with Gasteiger partial charge in [0.15, 0.2) is 0 Å². The number of ketones is 1. The third-order valence-corrected chi connectivity index (χ3v) is 6.20. The van der Waals surface area contributed by atoms with E-state index in [0.717, 1.165) is 13.1 Å². The van der Waals surface area contributed by atoms with Crippen LogP contribution >= 0.6 is 11.6 Å². The van der Waals surface area contributed by atoms with E-state index in [1.807, 2.05) is 0 Å². The van der Waals surface area contributed by atoms with E-state index >= 15 is 0 Å². The summed E-state index contributed by atoms with van der Waals surface area (Å²) in [5, 5.41) is 22.0. The Labute approximate surface area is 196 Å². The number of benzene rings is 2. The van der Waals surface area contributed by atoms with Crippen LogP contribution < -0.4 is 4.74 Å². The topological polar surface area (TPSA) is 99.5 Å². The largest absolute Gasteiger partial charge is 0.507 e. The van der Waals surface area contributed by atoms with Crippen molar-refractivity contribution >= 4 is 29.1 Å². The quantitative estimate of drug-likeness (QED) is 0.379. The van der Waals surface area contributed by atoms with Crippen LogP contribution in [0.5, 0.6) is 11.5 Å². The van der Waals surface area contributed by atoms with Gasteiger partial charge in [-0.3, -0.25) is 14.5 Å². The number of hydrogen-bond donors (Lipinski definition) is 2. The predicted octanol–water partition coefficient (Wildman–Crippen LogP) is 2.81. The summed E-state index contributed by atoms with van der Waals surface area (Å²) in [7, 11) is 1.45. The number of Topliss-reactive ketones (excluding diaryl/α,β-unsaturated/α-hetero) is 1. The smallest absolute Gasteiger partial charge is 0.295 e. The zero-order chi connectivity index (χ0) is 23.5. The number of ether oxygens (including phenoxy) is 2. The van der Waals surface area contributed by atoms with Gasteiger partial charge in [0, 0.05) is 37.3 Å². The van der Waals surface area contributed by atoms with Gasteiger partial charge in [0.1, 0.15) is 17.3 Å². The fraction of sp³-hybridized carbons (Fsp3) is 0.333. The molecule has 0 aromatic heterocycles. The first-order chi connectivity index (χ1) is 15.9. The van der Waals surface area contributed by atoms with E-state index in [1.54, 1.807) is 30.3 Å². The first-order valence-corrected chi connectivity index (χ1v) is 11.0. The molecule has 0 saturated carbocycles. The second-order valence-electron chi connectivity index (χ2n) is 7.88. The van der Waals surface area contributed by atoms with Gasteiger partial charge in [-0.2, -0.15) is 0 Å². The second kappa shape index (κ2) is 9.82. The number of likely N-dealkylation sites (tertiary alicyclic amines) is 1. The lowest BCUT2D eigenvalue weighted by Crippen LogP contribution is -2.42. The van der Waals surface area contributed by atoms with Crippen LogP contribution in [0.25, 0.3) is 5.76 Å². The number of carbonyl (C=O) groups is 2. The number of phenolic OH excluding ortho intramolecular Hbond substituents is 1. The molecule has 1 unspecified atom stereocenters. The summed E-state index contributed by atoms with van der Waals surface area (Å²) in [5.74, 6) is -1.81. The molecule has 2 aromatic rings. The molecule has 2 aliphatic heterocycles. The van der Waals surface area contributed by atoms with Gasteiger partial charge < -0.3 is 24.6 Å². The van der Waals surface area contributed by atoms with E-state index in [4.69, 9.17) is 21.1 Å². The van der Waals surface area contributed by atoms with Crippen LogP contribution in [0.4, 0.5) is 0 Å². The number of morpholine rings is 1. The van der Waals surface area contributed by atoms with Crippen molar-refractivity contribution in [2.75, 3.05) is 46.5 Å². The number of halogens is 1. The van der Waals surface area contributed by atoms with E-state index in [9.17, 15) is 19.8 Å². The molecule has 2 N–H and O–H groups in total. The standard InChI is InChI=1S/C24H25ClN2O6/c1-32-17-6-7-18(19(28)14-17)22(29)20-21(15-2-4-16(25)5-3-15)27(24(31)23(20)30)9-8-26-10-12-33-13-11-26/h2-7,14,21,28-29H,8-13H2,1H3/b22-20-. The van der Waals surface area contributed by atoms with Gasteiger partial charge in [-0.1, -0.05) is 23.7 Å². The number of hydrogen-bond acceptors (Lipinski definition) is 7. The van der Waals surface area contributed by atoms with Crippen molar-refractivity contribution < 1.29 is 29.3 Å². The molecular weight excluding hydrogens is 448 g/mol. The van der Waals surface area contributed by atoms with E-state index in [-0.39, 0.29) is 16.9 Å². The van der Waals surface area contributed by atoms with Gasteiger partial charge >= 0.3 is 0 Å². The Morgan fingerprint density at radius 2 is 1.82 bits per heavy atom. The fourth-order valence-electron chi connectivity index (χ4n) is 4.16. The molecule has 1 atom stereocenters. The lowest BCUT2D eigenvalue weighted by molar-refractivity contribution is -0.140. The molecule has 4 rings (SSSR count). The normalized spacial score (nSPS) is 20.9. The summed E-state index contributed by atoms with van der Waals surface area (Å²) in [5.41, 5.74) is 0.598. The number of aliphatic hydroxyl groups is 1. The number of rotatable bonds is 6. The first-order valence-electron chi connectivity index (χ1n) is 10.6. The van der Waals surface area contributed by atoms with E-state index in [2.05, 4.69) is 4.90 Å². The monoisotopic (exact) mass is 472 g/mol. The second-order valence-corrected chi connectivity index (χ2v) is 8.32. The molecule has 1 amide bonds. The molecule has 0 spiro atoms. The highest BCUT2D eigenvalue weighted by atomic mass is 35.5. The summed E-state index contributed by atoms with van der Waals surface area (Å²) in [6.07, 6.45) is 0. The van der Waals surface area contributed by atoms with Crippen molar-refractivity contribution in [1.82, 2.24) is 9.80 Å². The Morgan fingerprint density at radius 3 is 2.45 bits per heavy atom. The van der Waals surface area contributed by atoms with Gasteiger partial charge in [0.2, 0.25) is 0 Å². The molecule has 33 heavy (non-hydrogen) atoms. The highest BCUT2D eigenvalue weighted by Crippen LogP contribution is 2.41. The van der Waals surface area contributed by atoms with Gasteiger partial charge in [-0.15, -0.1) is 0 Å². The molecule has 8 nitrogen and oxygen atoms in total. The molecular formula is C24H25ClN2O6. The van der Waals surface area contributed by atoms with Crippen LogP contribution in [-0.4, -0.2) is 78.2 Å². The Hall–Kier alpha value is -3.07. The Balaban J connectivity index is 1.75. The molecule has 0 radical (unpaired) electrons. The fourth-order valence-corrected chi connectivity index (χ4v) is 4.29. The maximum Gasteiger partial charge on any atom is 0.295 e. The summed E-state index contributed by atoms with van der Waals surface area (Å²) in [6, 6.07) is 10.3. The van der Waals surface area contributed by atoms with Crippen molar-refractivity contribution in [3.8, 4) is 11.5 Å². The number of methoxy groups -OCH3 is 1. The molecule has 2 aromatic carbocycles. The maximum atomic E-state index is 13.1. The number of carbonyl (C=O) groups excluding carboxylic acids is 2. The summed E-state index contributed by atoms with van der Waals surface area (Å²) >= 11 is 6.05. The minimum absolute atomic E-state index is 0.0425. The summed E-state index contributed by atoms with van der Waals surface area (Å²) in [4.78, 5) is 29.8. The number of aliphatic hydroxyl groups excluding tert-OH is 1. The zero-order valence-corrected chi connectivity index (χ0v) is 18.9. The maximum absolute atomic E-state index is 13.1. The molecule has 0 bridgehead atoms. The predicted molar refractivity (Wildman–Crippen MR) is 122 cm³/mol. The van der Waals surface area contributed by atoms with Crippen molar-refractivity contribution in [3.05, 3.63) is 64.2 Å². The van der Waals surface area contributed by atoms with E-state index in [1.165, 1.54) is 24.1 Å². The highest BCUT2D eigenvalue weighted by molar-refractivity contribution is 6.46.